The van der Waals surface area contributed by atoms with Crippen LogP contribution in [0.25, 0.3) is 0 Å². The van der Waals surface area contributed by atoms with Crippen LogP contribution in [0, 0.1) is 0 Å². The number of carbonyl (C=O) groups is 1. The fraction of sp³-hybridized carbons (Fsp3) is 0.231. The second-order valence-corrected chi connectivity index (χ2v) is 5.82. The molecular formula is C13H12Cl2N2OS. The average Bonchev–Trinajstić information content (AvgIpc) is 2.82. The molecule has 6 heteroatoms. The third-order valence-electron chi connectivity index (χ3n) is 2.52. The standard InChI is InChI=1S/C13H12Cl2N2OS/c1-2-11(18)17-13-16-7-9(19-13)6-8-4-3-5-10(14)12(8)15/h3-5,7H,2,6H2,1H3,(H,16,17,18). The molecule has 2 rings (SSSR count). The predicted octanol–water partition coefficient (Wildman–Crippen LogP) is 4.39. The summed E-state index contributed by atoms with van der Waals surface area (Å²) in [5.41, 5.74) is 0.950. The number of rotatable bonds is 4. The number of carbonyl (C=O) groups excluding carboxylic acids is 1. The van der Waals surface area contributed by atoms with E-state index in [2.05, 4.69) is 10.3 Å². The molecule has 0 aliphatic rings. The first-order valence-corrected chi connectivity index (χ1v) is 7.35. The zero-order valence-electron chi connectivity index (χ0n) is 10.2. The van der Waals surface area contributed by atoms with Gasteiger partial charge >= 0.3 is 0 Å². The topological polar surface area (TPSA) is 42.0 Å². The van der Waals surface area contributed by atoms with Gasteiger partial charge < -0.3 is 5.32 Å². The van der Waals surface area contributed by atoms with Crippen LogP contribution in [0.3, 0.4) is 0 Å². The molecule has 1 aromatic heterocycles. The summed E-state index contributed by atoms with van der Waals surface area (Å²) >= 11 is 13.6. The number of aromatic nitrogens is 1. The molecule has 1 aromatic carbocycles. The lowest BCUT2D eigenvalue weighted by molar-refractivity contribution is -0.115. The Hall–Kier alpha value is -1.10. The van der Waals surface area contributed by atoms with E-state index < -0.39 is 0 Å². The van der Waals surface area contributed by atoms with Crippen molar-refractivity contribution < 1.29 is 4.79 Å². The molecule has 0 spiro atoms. The molecular weight excluding hydrogens is 303 g/mol. The molecule has 3 nitrogen and oxygen atoms in total. The summed E-state index contributed by atoms with van der Waals surface area (Å²) in [5.74, 6) is -0.0401. The van der Waals surface area contributed by atoms with Gasteiger partial charge in [-0.1, -0.05) is 42.3 Å². The summed E-state index contributed by atoms with van der Waals surface area (Å²) < 4.78 is 0. The van der Waals surface area contributed by atoms with E-state index in [9.17, 15) is 4.79 Å². The highest BCUT2D eigenvalue weighted by Crippen LogP contribution is 2.29. The molecule has 1 N–H and O–H groups in total. The number of nitrogens with zero attached hydrogens (tertiary/aromatic N) is 1. The van der Waals surface area contributed by atoms with Crippen LogP contribution in [0.4, 0.5) is 5.13 Å². The molecule has 0 saturated carbocycles. The zero-order chi connectivity index (χ0) is 13.8. The van der Waals surface area contributed by atoms with Gasteiger partial charge in [0.1, 0.15) is 0 Å². The SMILES string of the molecule is CCC(=O)Nc1ncc(Cc2cccc(Cl)c2Cl)s1. The van der Waals surface area contributed by atoms with Gasteiger partial charge in [-0.2, -0.15) is 0 Å². The number of anilines is 1. The molecule has 1 heterocycles. The van der Waals surface area contributed by atoms with Crippen molar-refractivity contribution in [2.75, 3.05) is 5.32 Å². The maximum Gasteiger partial charge on any atom is 0.225 e. The summed E-state index contributed by atoms with van der Waals surface area (Å²) in [6.07, 6.45) is 2.83. The van der Waals surface area contributed by atoms with Gasteiger partial charge in [0.2, 0.25) is 5.91 Å². The van der Waals surface area contributed by atoms with Crippen LogP contribution in [-0.2, 0) is 11.2 Å². The maximum atomic E-state index is 11.3. The van der Waals surface area contributed by atoms with Crippen LogP contribution in [-0.4, -0.2) is 10.9 Å². The van der Waals surface area contributed by atoms with Crippen LogP contribution in [0.15, 0.2) is 24.4 Å². The van der Waals surface area contributed by atoms with Crippen molar-refractivity contribution in [1.29, 1.82) is 0 Å². The first-order valence-electron chi connectivity index (χ1n) is 5.77. The Morgan fingerprint density at radius 3 is 2.95 bits per heavy atom. The van der Waals surface area contributed by atoms with Crippen molar-refractivity contribution in [3.63, 3.8) is 0 Å². The smallest absolute Gasteiger partial charge is 0.225 e. The second-order valence-electron chi connectivity index (χ2n) is 3.92. The van der Waals surface area contributed by atoms with Crippen molar-refractivity contribution in [2.24, 2.45) is 0 Å². The van der Waals surface area contributed by atoms with Gasteiger partial charge in [0.05, 0.1) is 10.0 Å². The Kier molecular flexibility index (Phi) is 4.80. The van der Waals surface area contributed by atoms with Gasteiger partial charge in [-0.15, -0.1) is 11.3 Å². The Balaban J connectivity index is 2.11. The third kappa shape index (κ3) is 3.69. The first-order chi connectivity index (χ1) is 9.10. The lowest BCUT2D eigenvalue weighted by Crippen LogP contribution is -2.08. The van der Waals surface area contributed by atoms with E-state index >= 15 is 0 Å². The van der Waals surface area contributed by atoms with Gasteiger partial charge in [-0.05, 0) is 11.6 Å². The van der Waals surface area contributed by atoms with Crippen LogP contribution >= 0.6 is 34.5 Å². The Bertz CT molecular complexity index is 598. The van der Waals surface area contributed by atoms with E-state index in [1.54, 1.807) is 19.2 Å². The van der Waals surface area contributed by atoms with Gasteiger partial charge in [-0.25, -0.2) is 4.98 Å². The lowest BCUT2D eigenvalue weighted by atomic mass is 10.1. The maximum absolute atomic E-state index is 11.3. The van der Waals surface area contributed by atoms with E-state index in [0.29, 0.717) is 28.0 Å². The molecule has 0 aliphatic carbocycles. The summed E-state index contributed by atoms with van der Waals surface area (Å²) in [7, 11) is 0. The highest BCUT2D eigenvalue weighted by Gasteiger charge is 2.09. The Morgan fingerprint density at radius 2 is 2.21 bits per heavy atom. The minimum Gasteiger partial charge on any atom is -0.302 e. The van der Waals surface area contributed by atoms with Gasteiger partial charge in [0, 0.05) is 23.9 Å². The summed E-state index contributed by atoms with van der Waals surface area (Å²) in [5, 5.41) is 4.46. The zero-order valence-corrected chi connectivity index (χ0v) is 12.6. The second kappa shape index (κ2) is 6.37. The number of halogens is 2. The molecule has 0 radical (unpaired) electrons. The normalized spacial score (nSPS) is 10.5. The lowest BCUT2D eigenvalue weighted by Gasteiger charge is -2.03. The predicted molar refractivity (Wildman–Crippen MR) is 80.3 cm³/mol. The first kappa shape index (κ1) is 14.3. The fourth-order valence-corrected chi connectivity index (χ4v) is 2.77. The van der Waals surface area contributed by atoms with Crippen LogP contribution in [0.2, 0.25) is 10.0 Å². The van der Waals surface area contributed by atoms with E-state index in [4.69, 9.17) is 23.2 Å². The van der Waals surface area contributed by atoms with Gasteiger partial charge in [0.25, 0.3) is 0 Å². The van der Waals surface area contributed by atoms with Crippen molar-refractivity contribution in [1.82, 2.24) is 4.98 Å². The van der Waals surface area contributed by atoms with Crippen molar-refractivity contribution in [3.8, 4) is 0 Å². The van der Waals surface area contributed by atoms with E-state index in [0.717, 1.165) is 10.4 Å². The Labute approximate surface area is 125 Å². The monoisotopic (exact) mass is 314 g/mol. The molecule has 2 aromatic rings. The quantitative estimate of drug-likeness (QED) is 0.909. The third-order valence-corrected chi connectivity index (χ3v) is 4.29. The van der Waals surface area contributed by atoms with Gasteiger partial charge in [0.15, 0.2) is 5.13 Å². The molecule has 0 saturated heterocycles. The number of hydrogen-bond acceptors (Lipinski definition) is 3. The van der Waals surface area contributed by atoms with E-state index in [1.807, 2.05) is 12.1 Å². The molecule has 1 amide bonds. The van der Waals surface area contributed by atoms with Crippen molar-refractivity contribution in [3.05, 3.63) is 44.9 Å². The fourth-order valence-electron chi connectivity index (χ4n) is 1.53. The van der Waals surface area contributed by atoms with E-state index in [-0.39, 0.29) is 5.91 Å². The number of hydrogen-bond donors (Lipinski definition) is 1. The molecule has 0 fully saturated rings. The van der Waals surface area contributed by atoms with Crippen LogP contribution < -0.4 is 5.32 Å². The number of thiazole rings is 1. The molecule has 0 unspecified atom stereocenters. The summed E-state index contributed by atoms with van der Waals surface area (Å²) in [6, 6.07) is 5.55. The summed E-state index contributed by atoms with van der Waals surface area (Å²) in [4.78, 5) is 16.5. The van der Waals surface area contributed by atoms with Crippen LogP contribution in [0.1, 0.15) is 23.8 Å². The minimum absolute atomic E-state index is 0.0401. The number of benzene rings is 1. The number of nitrogens with one attached hydrogen (secondary N) is 1. The van der Waals surface area contributed by atoms with Crippen molar-refractivity contribution >= 4 is 45.6 Å². The average molecular weight is 315 g/mol. The molecule has 0 atom stereocenters. The highest BCUT2D eigenvalue weighted by molar-refractivity contribution is 7.15. The molecule has 0 bridgehead atoms. The van der Waals surface area contributed by atoms with Crippen molar-refractivity contribution in [2.45, 2.75) is 19.8 Å². The largest absolute Gasteiger partial charge is 0.302 e. The molecule has 0 aliphatic heterocycles. The molecule has 19 heavy (non-hydrogen) atoms. The highest BCUT2D eigenvalue weighted by atomic mass is 35.5. The van der Waals surface area contributed by atoms with Gasteiger partial charge in [-0.3, -0.25) is 4.79 Å². The number of amides is 1. The molecule has 100 valence electrons. The van der Waals surface area contributed by atoms with Crippen LogP contribution in [0.5, 0.6) is 0 Å². The van der Waals surface area contributed by atoms with E-state index in [1.165, 1.54) is 11.3 Å². The summed E-state index contributed by atoms with van der Waals surface area (Å²) in [6.45, 7) is 1.80. The minimum atomic E-state index is -0.0401. The Morgan fingerprint density at radius 1 is 1.42 bits per heavy atom.